The van der Waals surface area contributed by atoms with Gasteiger partial charge in [0.05, 0.1) is 42.2 Å². The number of esters is 2. The summed E-state index contributed by atoms with van der Waals surface area (Å²) >= 11 is 7.64. The first-order valence-electron chi connectivity index (χ1n) is 14.6. The molecule has 0 radical (unpaired) electrons. The zero-order valence-electron chi connectivity index (χ0n) is 25.9. The minimum Gasteiger partial charge on any atom is -0.496 e. The van der Waals surface area contributed by atoms with E-state index >= 15 is 0 Å². The summed E-state index contributed by atoms with van der Waals surface area (Å²) in [7, 11) is 2.85. The van der Waals surface area contributed by atoms with Gasteiger partial charge in [-0.1, -0.05) is 59.3 Å². The molecule has 9 nitrogen and oxygen atoms in total. The molecule has 0 aliphatic carbocycles. The van der Waals surface area contributed by atoms with E-state index < -0.39 is 18.0 Å². The van der Waals surface area contributed by atoms with Gasteiger partial charge in [0, 0.05) is 27.8 Å². The second-order valence-electron chi connectivity index (χ2n) is 10.5. The predicted molar refractivity (Wildman–Crippen MR) is 179 cm³/mol. The Hall–Kier alpha value is -5.19. The Morgan fingerprint density at radius 3 is 2.51 bits per heavy atom. The van der Waals surface area contributed by atoms with Crippen molar-refractivity contribution in [3.8, 4) is 17.1 Å². The molecular formula is C36H29ClN2O7S. The minimum absolute atomic E-state index is 0.125. The van der Waals surface area contributed by atoms with Gasteiger partial charge >= 0.3 is 11.9 Å². The summed E-state index contributed by atoms with van der Waals surface area (Å²) in [5.74, 6) is 0.405. The van der Waals surface area contributed by atoms with Gasteiger partial charge in [0.15, 0.2) is 4.80 Å². The van der Waals surface area contributed by atoms with Gasteiger partial charge < -0.3 is 18.6 Å². The molecule has 0 saturated heterocycles. The number of carbonyl (C=O) groups is 2. The predicted octanol–water partition coefficient (Wildman–Crippen LogP) is 5.95. The number of rotatable bonds is 8. The van der Waals surface area contributed by atoms with Crippen molar-refractivity contribution in [2.45, 2.75) is 19.9 Å². The zero-order chi connectivity index (χ0) is 33.2. The molecule has 1 atom stereocenters. The molecule has 0 N–H and O–H groups in total. The van der Waals surface area contributed by atoms with Crippen LogP contribution < -0.4 is 19.6 Å². The molecule has 0 amide bonds. The smallest absolute Gasteiger partial charge is 0.338 e. The van der Waals surface area contributed by atoms with Crippen molar-refractivity contribution in [3.63, 3.8) is 0 Å². The van der Waals surface area contributed by atoms with E-state index in [1.165, 1.54) is 30.1 Å². The van der Waals surface area contributed by atoms with Gasteiger partial charge in [0.25, 0.3) is 5.56 Å². The van der Waals surface area contributed by atoms with Crippen LogP contribution in [0.25, 0.3) is 23.1 Å². The van der Waals surface area contributed by atoms with Crippen LogP contribution in [0.1, 0.15) is 45.8 Å². The van der Waals surface area contributed by atoms with E-state index in [-0.39, 0.29) is 17.7 Å². The molecular weight excluding hydrogens is 640 g/mol. The zero-order valence-corrected chi connectivity index (χ0v) is 27.5. The van der Waals surface area contributed by atoms with Crippen LogP contribution in [0.5, 0.6) is 5.75 Å². The third-order valence-electron chi connectivity index (χ3n) is 7.67. The summed E-state index contributed by atoms with van der Waals surface area (Å²) in [5.41, 5.74) is 3.42. The lowest BCUT2D eigenvalue weighted by atomic mass is 9.92. The molecule has 2 aromatic heterocycles. The van der Waals surface area contributed by atoms with Crippen molar-refractivity contribution < 1.29 is 28.2 Å². The summed E-state index contributed by atoms with van der Waals surface area (Å²) < 4.78 is 24.0. The van der Waals surface area contributed by atoms with Gasteiger partial charge in [0.2, 0.25) is 0 Å². The molecule has 0 unspecified atom stereocenters. The molecule has 238 valence electrons. The SMILES string of the molecule is CCOC(=O)C1=C(c2ccccc2)N=c2s/c(=C\c3ccc(-c4ccc(C(=O)OC)cc4C)o3)c(=O)n2[C@H]1c1cc(Cl)ccc1OC. The summed E-state index contributed by atoms with van der Waals surface area (Å²) in [5, 5.41) is 0.405. The van der Waals surface area contributed by atoms with Crippen LogP contribution in [0.2, 0.25) is 5.02 Å². The largest absolute Gasteiger partial charge is 0.496 e. The number of halogens is 1. The Bertz CT molecular complexity index is 2230. The molecule has 0 saturated carbocycles. The molecule has 1 aliphatic heterocycles. The number of hydrogen-bond acceptors (Lipinski definition) is 9. The first kappa shape index (κ1) is 31.8. The molecule has 47 heavy (non-hydrogen) atoms. The van der Waals surface area contributed by atoms with Crippen LogP contribution in [0, 0.1) is 6.92 Å². The van der Waals surface area contributed by atoms with Gasteiger partial charge in [-0.25, -0.2) is 14.6 Å². The lowest BCUT2D eigenvalue weighted by Crippen LogP contribution is -2.40. The molecule has 1 aliphatic rings. The Kier molecular flexibility index (Phi) is 8.97. The van der Waals surface area contributed by atoms with Crippen LogP contribution in [0.15, 0.2) is 98.6 Å². The van der Waals surface area contributed by atoms with Crippen LogP contribution in [-0.2, 0) is 14.3 Å². The maximum absolute atomic E-state index is 14.3. The van der Waals surface area contributed by atoms with E-state index in [9.17, 15) is 14.4 Å². The summed E-state index contributed by atoms with van der Waals surface area (Å²) in [6.07, 6.45) is 1.65. The van der Waals surface area contributed by atoms with Crippen LogP contribution in [0.4, 0.5) is 0 Å². The fraction of sp³-hybridized carbons (Fsp3) is 0.167. The number of thiazole rings is 1. The number of furan rings is 1. The van der Waals surface area contributed by atoms with Gasteiger partial charge in [-0.05, 0) is 61.9 Å². The fourth-order valence-electron chi connectivity index (χ4n) is 5.54. The van der Waals surface area contributed by atoms with Gasteiger partial charge in [0.1, 0.15) is 23.3 Å². The highest BCUT2D eigenvalue weighted by atomic mass is 35.5. The van der Waals surface area contributed by atoms with Crippen molar-refractivity contribution >= 4 is 46.6 Å². The lowest BCUT2D eigenvalue weighted by molar-refractivity contribution is -0.138. The maximum atomic E-state index is 14.3. The molecule has 0 bridgehead atoms. The summed E-state index contributed by atoms with van der Waals surface area (Å²) in [6.45, 7) is 3.72. The number of nitrogens with zero attached hydrogens (tertiary/aromatic N) is 2. The first-order valence-corrected chi connectivity index (χ1v) is 15.8. The minimum atomic E-state index is -0.959. The van der Waals surface area contributed by atoms with Crippen molar-refractivity contribution in [2.75, 3.05) is 20.8 Å². The third-order valence-corrected chi connectivity index (χ3v) is 8.89. The number of ether oxygens (including phenoxy) is 3. The van der Waals surface area contributed by atoms with E-state index in [1.807, 2.05) is 37.3 Å². The second-order valence-corrected chi connectivity index (χ2v) is 12.0. The number of fused-ring (bicyclic) bond motifs is 1. The Morgan fingerprint density at radius 2 is 1.81 bits per heavy atom. The van der Waals surface area contributed by atoms with Gasteiger partial charge in [-0.15, -0.1) is 0 Å². The van der Waals surface area contributed by atoms with E-state index in [0.29, 0.717) is 54.0 Å². The number of aryl methyl sites for hydroxylation is 1. The number of hydrogen-bond donors (Lipinski definition) is 0. The molecule has 6 rings (SSSR count). The highest BCUT2D eigenvalue weighted by Gasteiger charge is 2.37. The first-order chi connectivity index (χ1) is 22.7. The third kappa shape index (κ3) is 6.05. The van der Waals surface area contributed by atoms with E-state index in [1.54, 1.807) is 61.5 Å². The monoisotopic (exact) mass is 668 g/mol. The average Bonchev–Trinajstić information content (AvgIpc) is 3.67. The average molecular weight is 669 g/mol. The summed E-state index contributed by atoms with van der Waals surface area (Å²) in [6, 6.07) is 22.1. The molecule has 0 spiro atoms. The van der Waals surface area contributed by atoms with Crippen LogP contribution in [0.3, 0.4) is 0 Å². The second kappa shape index (κ2) is 13.3. The number of methoxy groups -OCH3 is 2. The van der Waals surface area contributed by atoms with E-state index in [2.05, 4.69) is 0 Å². The number of carbonyl (C=O) groups excluding carboxylic acids is 2. The normalized spacial score (nSPS) is 14.4. The molecule has 3 aromatic carbocycles. The number of aromatic nitrogens is 1. The maximum Gasteiger partial charge on any atom is 0.338 e. The molecule has 5 aromatic rings. The highest BCUT2D eigenvalue weighted by molar-refractivity contribution is 7.07. The molecule has 0 fully saturated rings. The fourth-order valence-corrected chi connectivity index (χ4v) is 6.70. The number of benzene rings is 3. The van der Waals surface area contributed by atoms with Crippen molar-refractivity contribution in [1.82, 2.24) is 4.57 Å². The Balaban J connectivity index is 1.55. The highest BCUT2D eigenvalue weighted by Crippen LogP contribution is 2.40. The van der Waals surface area contributed by atoms with Crippen molar-refractivity contribution in [2.24, 2.45) is 4.99 Å². The van der Waals surface area contributed by atoms with Gasteiger partial charge in [-0.2, -0.15) is 0 Å². The van der Waals surface area contributed by atoms with Gasteiger partial charge in [-0.3, -0.25) is 9.36 Å². The Labute approximate surface area is 278 Å². The lowest BCUT2D eigenvalue weighted by Gasteiger charge is -2.27. The quantitative estimate of drug-likeness (QED) is 0.188. The molecule has 3 heterocycles. The van der Waals surface area contributed by atoms with E-state index in [4.69, 9.17) is 35.2 Å². The van der Waals surface area contributed by atoms with Crippen molar-refractivity contribution in [3.05, 3.63) is 137 Å². The topological polar surface area (TPSA) is 109 Å². The van der Waals surface area contributed by atoms with E-state index in [0.717, 1.165) is 11.1 Å². The molecule has 11 heteroatoms. The van der Waals surface area contributed by atoms with Crippen LogP contribution >= 0.6 is 22.9 Å². The van der Waals surface area contributed by atoms with Crippen LogP contribution in [-0.4, -0.2) is 37.3 Å². The standard InChI is InChI=1S/C36H29ClN2O7S/c1-5-45-35(42)30-31(21-9-7-6-8-10-21)38-36-39(32(30)26-18-23(37)12-15-27(26)43-3)33(40)29(47-36)19-24-13-16-28(46-24)25-14-11-22(17-20(25)2)34(41)44-4/h6-19,32H,5H2,1-4H3/b29-19-/t32-/m0/s1. The summed E-state index contributed by atoms with van der Waals surface area (Å²) in [4.78, 5) is 45.2. The Morgan fingerprint density at radius 1 is 1.02 bits per heavy atom. The van der Waals surface area contributed by atoms with Crippen molar-refractivity contribution in [1.29, 1.82) is 0 Å².